The molecule has 0 fully saturated rings. The number of hydrogen-bond acceptors (Lipinski definition) is 10. The van der Waals surface area contributed by atoms with Crippen molar-refractivity contribution >= 4 is 53.8 Å². The summed E-state index contributed by atoms with van der Waals surface area (Å²) in [4.78, 5) is 101. The number of ketones is 1. The second kappa shape index (κ2) is 21.0. The van der Waals surface area contributed by atoms with Gasteiger partial charge in [0.25, 0.3) is 23.6 Å². The van der Waals surface area contributed by atoms with E-state index in [1.807, 2.05) is 19.9 Å². The van der Waals surface area contributed by atoms with Gasteiger partial charge in [-0.25, -0.2) is 14.8 Å². The molecule has 0 aliphatic rings. The lowest BCUT2D eigenvalue weighted by Crippen LogP contribution is -2.59. The molecular weight excluding hydrogens is 716 g/mol. The molecule has 20 heteroatoms. The van der Waals surface area contributed by atoms with E-state index in [1.165, 1.54) is 6.33 Å². The quantitative estimate of drug-likeness (QED) is 0.0620. The van der Waals surface area contributed by atoms with Crippen LogP contribution in [0.2, 0.25) is 0 Å². The van der Waals surface area contributed by atoms with Crippen molar-refractivity contribution in [1.29, 1.82) is 0 Å². The highest BCUT2D eigenvalue weighted by molar-refractivity contribution is 6.07. The molecule has 0 radical (unpaired) electrons. The number of hydrogen-bond donors (Lipinski definition) is 10. The number of aliphatic carboxylic acids is 2. The summed E-state index contributed by atoms with van der Waals surface area (Å²) in [5.74, 6) is -6.41. The second-order valence-electron chi connectivity index (χ2n) is 12.5. The summed E-state index contributed by atoms with van der Waals surface area (Å²) >= 11 is 0. The number of quaternary nitrogens is 1. The van der Waals surface area contributed by atoms with Gasteiger partial charge in [0.1, 0.15) is 17.4 Å². The van der Waals surface area contributed by atoms with Gasteiger partial charge >= 0.3 is 11.9 Å². The van der Waals surface area contributed by atoms with Crippen LogP contribution in [0.15, 0.2) is 43.0 Å². The summed E-state index contributed by atoms with van der Waals surface area (Å²) in [6.07, 6.45) is 1.98. The molecule has 0 saturated carbocycles. The summed E-state index contributed by atoms with van der Waals surface area (Å²) in [7, 11) is 0. The van der Waals surface area contributed by atoms with Gasteiger partial charge in [0.15, 0.2) is 17.2 Å². The topological polar surface area (TPSA) is 305 Å². The number of aromatic nitrogens is 4. The molecule has 19 nitrogen and oxygen atoms in total. The molecule has 53 heavy (non-hydrogen) atoms. The Morgan fingerprint density at radius 3 is 1.83 bits per heavy atom. The molecule has 288 valence electrons. The van der Waals surface area contributed by atoms with Crippen molar-refractivity contribution in [3.8, 4) is 0 Å². The Bertz CT molecular complexity index is 1730. The van der Waals surface area contributed by atoms with Crippen molar-refractivity contribution in [2.24, 2.45) is 5.92 Å². The molecule has 4 amide bonds. The molecule has 3 aromatic rings. The van der Waals surface area contributed by atoms with E-state index in [9.17, 15) is 38.7 Å². The number of halogens is 1. The van der Waals surface area contributed by atoms with E-state index >= 15 is 0 Å². The SMILES string of the molecule is CC(C)C[C@@H](CNCC(=O)[C@H](Cc1ccccc1)NC(=O)c1[nH]cnc1C(=O)N[C@@H](C)C[NH3+])NC(=O)c1nc[nH]c1C(=O)N[C@@H](CC(=O)O)C(=O)O.Cl. The first-order valence-corrected chi connectivity index (χ1v) is 16.5. The minimum Gasteiger partial charge on any atom is -0.481 e. The number of imidazole rings is 2. The number of carboxylic acid groups (broad SMARTS) is 2. The Balaban J connectivity index is 0.00000972. The number of carbonyl (C=O) groups excluding carboxylic acids is 5. The summed E-state index contributed by atoms with van der Waals surface area (Å²) in [6.45, 7) is 5.90. The average Bonchev–Trinajstić information content (AvgIpc) is 3.79. The fraction of sp³-hybridized carbons (Fsp3) is 0.424. The van der Waals surface area contributed by atoms with Gasteiger partial charge in [0.05, 0.1) is 44.2 Å². The molecule has 2 aromatic heterocycles. The predicted octanol–water partition coefficient (Wildman–Crippen LogP) is -1.08. The van der Waals surface area contributed by atoms with Crippen molar-refractivity contribution in [3.63, 3.8) is 0 Å². The number of carboxylic acids is 2. The van der Waals surface area contributed by atoms with E-state index in [0.717, 1.165) is 11.9 Å². The number of amides is 4. The molecule has 0 aliphatic heterocycles. The lowest BCUT2D eigenvalue weighted by atomic mass is 10.0. The van der Waals surface area contributed by atoms with Crippen LogP contribution in [-0.4, -0.2) is 115 Å². The number of rotatable bonds is 21. The molecular formula is C33H46ClN10O9+. The van der Waals surface area contributed by atoms with Crippen molar-refractivity contribution < 1.29 is 49.5 Å². The molecule has 0 bridgehead atoms. The van der Waals surface area contributed by atoms with E-state index in [-0.39, 0.29) is 72.4 Å². The van der Waals surface area contributed by atoms with Crippen LogP contribution in [-0.2, 0) is 20.8 Å². The smallest absolute Gasteiger partial charge is 0.326 e. The largest absolute Gasteiger partial charge is 0.481 e. The predicted molar refractivity (Wildman–Crippen MR) is 190 cm³/mol. The molecule has 1 aromatic carbocycles. The van der Waals surface area contributed by atoms with Crippen LogP contribution in [0.25, 0.3) is 0 Å². The normalized spacial score (nSPS) is 13.1. The number of H-pyrrole nitrogens is 2. The lowest BCUT2D eigenvalue weighted by Gasteiger charge is -2.22. The minimum atomic E-state index is -1.75. The van der Waals surface area contributed by atoms with Gasteiger partial charge < -0.3 is 52.5 Å². The van der Waals surface area contributed by atoms with Crippen LogP contribution in [0.1, 0.15) is 81.1 Å². The third-order valence-corrected chi connectivity index (χ3v) is 7.71. The number of carbonyl (C=O) groups is 7. The average molecular weight is 762 g/mol. The third-order valence-electron chi connectivity index (χ3n) is 7.71. The Kier molecular flexibility index (Phi) is 17.2. The highest BCUT2D eigenvalue weighted by atomic mass is 35.5. The third kappa shape index (κ3) is 13.4. The van der Waals surface area contributed by atoms with Gasteiger partial charge in [-0.3, -0.25) is 28.8 Å². The zero-order chi connectivity index (χ0) is 38.4. The van der Waals surface area contributed by atoms with Crippen LogP contribution in [0.4, 0.5) is 0 Å². The number of nitrogens with zero attached hydrogens (tertiary/aromatic N) is 2. The van der Waals surface area contributed by atoms with Crippen molar-refractivity contribution in [2.75, 3.05) is 19.6 Å². The summed E-state index contributed by atoms with van der Waals surface area (Å²) in [5.41, 5.74) is 3.56. The number of Topliss-reactive ketones (excluding diaryl/α,β-unsaturated/α-hetero) is 1. The fourth-order valence-electron chi connectivity index (χ4n) is 5.08. The first-order chi connectivity index (χ1) is 24.7. The Labute approximate surface area is 310 Å². The molecule has 12 N–H and O–H groups in total. The van der Waals surface area contributed by atoms with Crippen LogP contribution in [0.3, 0.4) is 0 Å². The maximum Gasteiger partial charge on any atom is 0.326 e. The molecule has 0 spiro atoms. The molecule has 2 heterocycles. The first-order valence-electron chi connectivity index (χ1n) is 16.5. The molecule has 0 saturated heterocycles. The highest BCUT2D eigenvalue weighted by Crippen LogP contribution is 2.11. The number of benzene rings is 1. The molecule has 3 rings (SSSR count). The van der Waals surface area contributed by atoms with Crippen molar-refractivity contribution in [3.05, 3.63) is 71.3 Å². The van der Waals surface area contributed by atoms with Gasteiger partial charge in [0, 0.05) is 12.6 Å². The summed E-state index contributed by atoms with van der Waals surface area (Å²) in [6, 6.07) is 5.44. The summed E-state index contributed by atoms with van der Waals surface area (Å²) in [5, 5.41) is 31.5. The van der Waals surface area contributed by atoms with Crippen molar-refractivity contribution in [2.45, 2.75) is 64.2 Å². The Morgan fingerprint density at radius 1 is 0.774 bits per heavy atom. The fourth-order valence-corrected chi connectivity index (χ4v) is 5.08. The van der Waals surface area contributed by atoms with Gasteiger partial charge in [-0.05, 0) is 31.2 Å². The number of aromatic amines is 2. The van der Waals surface area contributed by atoms with Gasteiger partial charge in [0.2, 0.25) is 0 Å². The Morgan fingerprint density at radius 2 is 1.32 bits per heavy atom. The second-order valence-corrected chi connectivity index (χ2v) is 12.5. The van der Waals surface area contributed by atoms with E-state index in [4.69, 9.17) is 5.11 Å². The molecule has 0 aliphatic carbocycles. The molecule has 4 atom stereocenters. The van der Waals surface area contributed by atoms with Gasteiger partial charge in [-0.1, -0.05) is 44.2 Å². The van der Waals surface area contributed by atoms with E-state index in [2.05, 4.69) is 52.3 Å². The monoisotopic (exact) mass is 761 g/mol. The van der Waals surface area contributed by atoms with Crippen LogP contribution in [0, 0.1) is 5.92 Å². The van der Waals surface area contributed by atoms with Crippen LogP contribution < -0.4 is 32.3 Å². The molecule has 0 unspecified atom stereocenters. The van der Waals surface area contributed by atoms with Crippen molar-refractivity contribution in [1.82, 2.24) is 46.5 Å². The maximum absolute atomic E-state index is 13.6. The minimum absolute atomic E-state index is 0. The summed E-state index contributed by atoms with van der Waals surface area (Å²) < 4.78 is 0. The van der Waals surface area contributed by atoms with Gasteiger partial charge in [-0.15, -0.1) is 12.4 Å². The Hall–Kier alpha value is -5.66. The zero-order valence-corrected chi connectivity index (χ0v) is 30.2. The van der Waals surface area contributed by atoms with E-state index < -0.39 is 60.1 Å². The lowest BCUT2D eigenvalue weighted by molar-refractivity contribution is -0.371. The van der Waals surface area contributed by atoms with E-state index in [1.54, 1.807) is 31.2 Å². The van der Waals surface area contributed by atoms with Gasteiger partial charge in [-0.2, -0.15) is 0 Å². The maximum atomic E-state index is 13.6. The van der Waals surface area contributed by atoms with Crippen LogP contribution >= 0.6 is 12.4 Å². The van der Waals surface area contributed by atoms with E-state index in [0.29, 0.717) is 13.0 Å². The highest BCUT2D eigenvalue weighted by Gasteiger charge is 2.29. The standard InChI is InChI=1S/C33H44N10O9.ClH/c1-17(2)9-20(41-30(48)26-28(39-16-37-26)32(50)43-22(33(51)52)11-24(45)46)13-35-14-23(44)21(10-19-7-5-4-6-8-19)42-31(49)27-25(36-15-38-27)29(47)40-18(3)12-34;/h4-8,15-18,20-22,35H,9-14,34H2,1-3H3,(H,36,38)(H,37,39)(H,40,47)(H,41,48)(H,42,49)(H,43,50)(H,45,46)(H,51,52);1H/p+1/t18-,20-,21-,22-;/m0./s1. The zero-order valence-electron chi connectivity index (χ0n) is 29.4. The van der Waals surface area contributed by atoms with Crippen LogP contribution in [0.5, 0.6) is 0 Å². The number of nitrogens with one attached hydrogen (secondary N) is 7. The first kappa shape index (κ1) is 43.5.